The molecule has 1 aliphatic rings. The Morgan fingerprint density at radius 1 is 1.31 bits per heavy atom. The molecular formula is C11H23NO. The highest BCUT2D eigenvalue weighted by molar-refractivity contribution is 4.87. The summed E-state index contributed by atoms with van der Waals surface area (Å²) in [5.41, 5.74) is 0.186. The van der Waals surface area contributed by atoms with E-state index in [1.54, 1.807) is 0 Å². The van der Waals surface area contributed by atoms with Crippen molar-refractivity contribution in [1.29, 1.82) is 0 Å². The second-order valence-corrected chi connectivity index (χ2v) is 4.37. The van der Waals surface area contributed by atoms with Crippen LogP contribution in [0.1, 0.15) is 40.0 Å². The van der Waals surface area contributed by atoms with Crippen molar-refractivity contribution in [2.24, 2.45) is 0 Å². The molecule has 1 saturated heterocycles. The van der Waals surface area contributed by atoms with E-state index in [2.05, 4.69) is 25.7 Å². The molecule has 1 heterocycles. The number of piperidine rings is 1. The van der Waals surface area contributed by atoms with E-state index in [1.807, 2.05) is 7.11 Å². The van der Waals surface area contributed by atoms with Gasteiger partial charge in [0.05, 0.1) is 5.60 Å². The molecule has 1 rings (SSSR count). The first-order valence-corrected chi connectivity index (χ1v) is 5.43. The first kappa shape index (κ1) is 11.0. The summed E-state index contributed by atoms with van der Waals surface area (Å²) in [6.45, 7) is 9.16. The Hall–Kier alpha value is -0.0800. The Kier molecular flexibility index (Phi) is 3.74. The van der Waals surface area contributed by atoms with E-state index >= 15 is 0 Å². The number of likely N-dealkylation sites (tertiary alicyclic amines) is 1. The Morgan fingerprint density at radius 3 is 2.15 bits per heavy atom. The van der Waals surface area contributed by atoms with Crippen LogP contribution in [0.3, 0.4) is 0 Å². The molecule has 13 heavy (non-hydrogen) atoms. The van der Waals surface area contributed by atoms with Crippen LogP contribution in [0.2, 0.25) is 0 Å². The fraction of sp³-hybridized carbons (Fsp3) is 1.00. The predicted molar refractivity (Wildman–Crippen MR) is 56.0 cm³/mol. The van der Waals surface area contributed by atoms with Gasteiger partial charge in [-0.25, -0.2) is 0 Å². The maximum absolute atomic E-state index is 5.63. The van der Waals surface area contributed by atoms with Crippen LogP contribution >= 0.6 is 0 Å². The van der Waals surface area contributed by atoms with Crippen molar-refractivity contribution in [3.8, 4) is 0 Å². The zero-order valence-corrected chi connectivity index (χ0v) is 9.47. The van der Waals surface area contributed by atoms with Crippen LogP contribution in [0.25, 0.3) is 0 Å². The van der Waals surface area contributed by atoms with Gasteiger partial charge in [0.1, 0.15) is 0 Å². The highest BCUT2D eigenvalue weighted by Crippen LogP contribution is 2.29. The second-order valence-electron chi connectivity index (χ2n) is 4.37. The number of ether oxygens (including phenoxy) is 1. The lowest BCUT2D eigenvalue weighted by molar-refractivity contribution is -0.0638. The van der Waals surface area contributed by atoms with E-state index in [4.69, 9.17) is 4.74 Å². The molecule has 0 N–H and O–H groups in total. The molecule has 1 aliphatic heterocycles. The maximum Gasteiger partial charge on any atom is 0.0700 e. The van der Waals surface area contributed by atoms with E-state index in [-0.39, 0.29) is 5.60 Å². The molecule has 0 bridgehead atoms. The average molecular weight is 185 g/mol. The van der Waals surface area contributed by atoms with Gasteiger partial charge in [-0.1, -0.05) is 6.92 Å². The predicted octanol–water partition coefficient (Wildman–Crippen LogP) is 2.29. The molecule has 0 amide bonds. The van der Waals surface area contributed by atoms with Crippen molar-refractivity contribution in [1.82, 2.24) is 4.90 Å². The molecule has 78 valence electrons. The summed E-state index contributed by atoms with van der Waals surface area (Å²) in [7, 11) is 1.86. The Labute approximate surface area is 82.3 Å². The fourth-order valence-corrected chi connectivity index (χ4v) is 2.15. The van der Waals surface area contributed by atoms with Gasteiger partial charge in [0.25, 0.3) is 0 Å². The van der Waals surface area contributed by atoms with Crippen LogP contribution < -0.4 is 0 Å². The van der Waals surface area contributed by atoms with Crippen LogP contribution in [-0.2, 0) is 4.74 Å². The average Bonchev–Trinajstić information content (AvgIpc) is 2.18. The third kappa shape index (κ3) is 2.44. The van der Waals surface area contributed by atoms with E-state index < -0.39 is 0 Å². The summed E-state index contributed by atoms with van der Waals surface area (Å²) in [5.74, 6) is 0. The lowest BCUT2D eigenvalue weighted by atomic mass is 9.88. The van der Waals surface area contributed by atoms with Crippen LogP contribution in [0, 0.1) is 0 Å². The van der Waals surface area contributed by atoms with E-state index in [1.165, 1.54) is 25.9 Å². The summed E-state index contributed by atoms with van der Waals surface area (Å²) in [6.07, 6.45) is 3.53. The molecule has 0 atom stereocenters. The third-order valence-corrected chi connectivity index (χ3v) is 3.52. The van der Waals surface area contributed by atoms with Gasteiger partial charge in [0.15, 0.2) is 0 Å². The zero-order chi connectivity index (χ0) is 9.90. The molecular weight excluding hydrogens is 162 g/mol. The normalized spacial score (nSPS) is 23.8. The van der Waals surface area contributed by atoms with Crippen molar-refractivity contribution in [2.75, 3.05) is 20.2 Å². The molecule has 2 heteroatoms. The monoisotopic (exact) mass is 185 g/mol. The molecule has 0 aromatic carbocycles. The van der Waals surface area contributed by atoms with Crippen molar-refractivity contribution in [3.05, 3.63) is 0 Å². The quantitative estimate of drug-likeness (QED) is 0.669. The first-order chi connectivity index (χ1) is 6.13. The van der Waals surface area contributed by atoms with Gasteiger partial charge >= 0.3 is 0 Å². The smallest absolute Gasteiger partial charge is 0.0700 e. The summed E-state index contributed by atoms with van der Waals surface area (Å²) in [4.78, 5) is 2.53. The van der Waals surface area contributed by atoms with Gasteiger partial charge in [-0.3, -0.25) is 0 Å². The Balaban J connectivity index is 2.45. The minimum atomic E-state index is 0.186. The Morgan fingerprint density at radius 2 is 1.85 bits per heavy atom. The first-order valence-electron chi connectivity index (χ1n) is 5.43. The molecule has 0 aliphatic carbocycles. The maximum atomic E-state index is 5.63. The standard InChI is InChI=1S/C11H23NO/c1-5-11(13-4)6-8-12(9-7-11)10(2)3/h10H,5-9H2,1-4H3. The molecule has 0 radical (unpaired) electrons. The summed E-state index contributed by atoms with van der Waals surface area (Å²) < 4.78 is 5.63. The molecule has 0 aromatic rings. The number of hydrogen-bond acceptors (Lipinski definition) is 2. The zero-order valence-electron chi connectivity index (χ0n) is 9.47. The van der Waals surface area contributed by atoms with Gasteiger partial charge < -0.3 is 9.64 Å². The lowest BCUT2D eigenvalue weighted by Gasteiger charge is -2.41. The van der Waals surface area contributed by atoms with Crippen molar-refractivity contribution >= 4 is 0 Å². The molecule has 0 spiro atoms. The fourth-order valence-electron chi connectivity index (χ4n) is 2.15. The van der Waals surface area contributed by atoms with E-state index in [0.29, 0.717) is 6.04 Å². The van der Waals surface area contributed by atoms with Crippen molar-refractivity contribution in [2.45, 2.75) is 51.7 Å². The molecule has 1 fully saturated rings. The molecule has 2 nitrogen and oxygen atoms in total. The molecule has 0 saturated carbocycles. The highest BCUT2D eigenvalue weighted by Gasteiger charge is 2.33. The Bertz CT molecular complexity index is 142. The third-order valence-electron chi connectivity index (χ3n) is 3.52. The molecule has 0 aromatic heterocycles. The topological polar surface area (TPSA) is 12.5 Å². The minimum Gasteiger partial charge on any atom is -0.378 e. The largest absolute Gasteiger partial charge is 0.378 e. The van der Waals surface area contributed by atoms with Gasteiger partial charge in [0.2, 0.25) is 0 Å². The molecule has 0 unspecified atom stereocenters. The van der Waals surface area contributed by atoms with E-state index in [9.17, 15) is 0 Å². The number of nitrogens with zero attached hydrogens (tertiary/aromatic N) is 1. The van der Waals surface area contributed by atoms with E-state index in [0.717, 1.165) is 6.42 Å². The van der Waals surface area contributed by atoms with Gasteiger partial charge in [-0.15, -0.1) is 0 Å². The lowest BCUT2D eigenvalue weighted by Crippen LogP contribution is -2.47. The van der Waals surface area contributed by atoms with Crippen LogP contribution in [0.5, 0.6) is 0 Å². The SMILES string of the molecule is CCC1(OC)CCN(C(C)C)CC1. The summed E-state index contributed by atoms with van der Waals surface area (Å²) in [6, 6.07) is 0.687. The van der Waals surface area contributed by atoms with Gasteiger partial charge in [-0.2, -0.15) is 0 Å². The number of rotatable bonds is 3. The summed E-state index contributed by atoms with van der Waals surface area (Å²) >= 11 is 0. The van der Waals surface area contributed by atoms with Gasteiger partial charge in [0, 0.05) is 26.2 Å². The van der Waals surface area contributed by atoms with Gasteiger partial charge in [-0.05, 0) is 33.1 Å². The summed E-state index contributed by atoms with van der Waals surface area (Å²) in [5, 5.41) is 0. The van der Waals surface area contributed by atoms with Crippen LogP contribution in [-0.4, -0.2) is 36.7 Å². The number of hydrogen-bond donors (Lipinski definition) is 0. The van der Waals surface area contributed by atoms with Crippen LogP contribution in [0.4, 0.5) is 0 Å². The van der Waals surface area contributed by atoms with Crippen molar-refractivity contribution < 1.29 is 4.74 Å². The van der Waals surface area contributed by atoms with Crippen molar-refractivity contribution in [3.63, 3.8) is 0 Å². The van der Waals surface area contributed by atoms with Crippen LogP contribution in [0.15, 0.2) is 0 Å². The second kappa shape index (κ2) is 4.43. The number of methoxy groups -OCH3 is 1. The highest BCUT2D eigenvalue weighted by atomic mass is 16.5. The minimum absolute atomic E-state index is 0.186.